The molecule has 0 spiro atoms. The zero-order chi connectivity index (χ0) is 8.28. The van der Waals surface area contributed by atoms with E-state index >= 15 is 0 Å². The Morgan fingerprint density at radius 2 is 2.00 bits per heavy atom. The monoisotopic (exact) mass is 153 g/mol. The summed E-state index contributed by atoms with van der Waals surface area (Å²) in [4.78, 5) is 0. The van der Waals surface area contributed by atoms with Gasteiger partial charge in [-0.05, 0) is 38.0 Å². The predicted molar refractivity (Wildman–Crippen MR) is 45.1 cm³/mol. The molecule has 0 aromatic heterocycles. The first kappa shape index (κ1) is 7.60. The maximum Gasteiger partial charge on any atom is 0.0693 e. The van der Waals surface area contributed by atoms with Gasteiger partial charge in [0.1, 0.15) is 0 Å². The lowest BCUT2D eigenvalue weighted by Crippen LogP contribution is -2.38. The number of ether oxygens (including phenoxy) is 1. The molecular weight excluding hydrogens is 136 g/mol. The van der Waals surface area contributed by atoms with Crippen LogP contribution in [0.2, 0.25) is 0 Å². The molecule has 2 fully saturated rings. The van der Waals surface area contributed by atoms with Crippen molar-refractivity contribution in [1.29, 1.82) is 0 Å². The summed E-state index contributed by atoms with van der Waals surface area (Å²) in [5.74, 6) is 0.466. The topological polar surface area (TPSA) is 9.23 Å². The highest BCUT2D eigenvalue weighted by molar-refractivity contribution is 5.09. The Morgan fingerprint density at radius 3 is 2.27 bits per heavy atom. The van der Waals surface area contributed by atoms with E-state index in [1.807, 2.05) is 0 Å². The molecule has 0 aromatic rings. The fourth-order valence-corrected chi connectivity index (χ4v) is 2.65. The van der Waals surface area contributed by atoms with Gasteiger partial charge in [-0.3, -0.25) is 0 Å². The van der Waals surface area contributed by atoms with Gasteiger partial charge in [0.2, 0.25) is 0 Å². The van der Waals surface area contributed by atoms with Gasteiger partial charge in [-0.1, -0.05) is 13.8 Å². The highest BCUT2D eigenvalue weighted by Crippen LogP contribution is 2.56. The molecule has 1 radical (unpaired) electrons. The van der Waals surface area contributed by atoms with Crippen molar-refractivity contribution in [3.8, 4) is 0 Å². The van der Waals surface area contributed by atoms with E-state index in [2.05, 4.69) is 27.7 Å². The van der Waals surface area contributed by atoms with E-state index in [0.717, 1.165) is 0 Å². The summed E-state index contributed by atoms with van der Waals surface area (Å²) in [5.41, 5.74) is 0.390. The molecule has 2 bridgehead atoms. The van der Waals surface area contributed by atoms with E-state index in [-0.39, 0.29) is 5.60 Å². The van der Waals surface area contributed by atoms with E-state index in [4.69, 9.17) is 4.74 Å². The fourth-order valence-electron chi connectivity index (χ4n) is 2.65. The molecule has 0 saturated carbocycles. The van der Waals surface area contributed by atoms with Crippen molar-refractivity contribution in [3.63, 3.8) is 0 Å². The molecule has 2 rings (SSSR count). The maximum atomic E-state index is 5.92. The summed E-state index contributed by atoms with van der Waals surface area (Å²) in [6.45, 7) is 11.0. The molecule has 3 atom stereocenters. The Balaban J connectivity index is 2.34. The van der Waals surface area contributed by atoms with Crippen molar-refractivity contribution >= 4 is 0 Å². The molecule has 2 aliphatic heterocycles. The third-order valence-corrected chi connectivity index (χ3v) is 3.78. The van der Waals surface area contributed by atoms with Crippen LogP contribution in [0, 0.1) is 18.3 Å². The van der Waals surface area contributed by atoms with Crippen LogP contribution in [0.5, 0.6) is 0 Å². The summed E-state index contributed by atoms with van der Waals surface area (Å²) in [5, 5.41) is 0. The molecule has 2 heterocycles. The van der Waals surface area contributed by atoms with Crippen LogP contribution in [0.25, 0.3) is 0 Å². The predicted octanol–water partition coefficient (Wildman–Crippen LogP) is 2.41. The second kappa shape index (κ2) is 1.82. The Labute approximate surface area is 69.1 Å². The lowest BCUT2D eigenvalue weighted by molar-refractivity contribution is 0.0115. The van der Waals surface area contributed by atoms with Crippen LogP contribution in [-0.4, -0.2) is 11.7 Å². The Kier molecular flexibility index (Phi) is 1.26. The van der Waals surface area contributed by atoms with E-state index in [1.54, 1.807) is 0 Å². The lowest BCUT2D eigenvalue weighted by Gasteiger charge is -2.36. The van der Waals surface area contributed by atoms with Gasteiger partial charge in [-0.2, -0.15) is 0 Å². The number of fused-ring (bicyclic) bond motifs is 2. The largest absolute Gasteiger partial charge is 0.371 e. The van der Waals surface area contributed by atoms with Crippen LogP contribution in [0.1, 0.15) is 33.6 Å². The normalized spacial score (nSPS) is 53.5. The van der Waals surface area contributed by atoms with Crippen molar-refractivity contribution in [2.45, 2.75) is 45.3 Å². The molecule has 11 heavy (non-hydrogen) atoms. The summed E-state index contributed by atoms with van der Waals surface area (Å²) in [6, 6.07) is 0. The quantitative estimate of drug-likeness (QED) is 0.519. The van der Waals surface area contributed by atoms with Gasteiger partial charge in [0, 0.05) is 0 Å². The van der Waals surface area contributed by atoms with Crippen LogP contribution in [0.15, 0.2) is 0 Å². The Morgan fingerprint density at radius 1 is 1.36 bits per heavy atom. The lowest BCUT2D eigenvalue weighted by atomic mass is 9.65. The average Bonchev–Trinajstić information content (AvgIpc) is 2.36. The number of hydrogen-bond acceptors (Lipinski definition) is 1. The van der Waals surface area contributed by atoms with Gasteiger partial charge < -0.3 is 4.74 Å². The van der Waals surface area contributed by atoms with Gasteiger partial charge in [0.25, 0.3) is 0 Å². The van der Waals surface area contributed by atoms with E-state index in [1.165, 1.54) is 12.8 Å². The number of rotatable bonds is 0. The van der Waals surface area contributed by atoms with Gasteiger partial charge >= 0.3 is 0 Å². The van der Waals surface area contributed by atoms with Crippen molar-refractivity contribution in [3.05, 3.63) is 6.92 Å². The molecule has 1 heteroatoms. The van der Waals surface area contributed by atoms with Crippen molar-refractivity contribution in [2.75, 3.05) is 0 Å². The fraction of sp³-hybridized carbons (Fsp3) is 0.900. The van der Waals surface area contributed by atoms with E-state index in [9.17, 15) is 0 Å². The third-order valence-electron chi connectivity index (χ3n) is 3.78. The van der Waals surface area contributed by atoms with Crippen LogP contribution in [0.3, 0.4) is 0 Å². The summed E-state index contributed by atoms with van der Waals surface area (Å²) < 4.78 is 5.92. The Hall–Kier alpha value is -0.0400. The first-order valence-electron chi connectivity index (χ1n) is 4.48. The maximum absolute atomic E-state index is 5.92. The van der Waals surface area contributed by atoms with Gasteiger partial charge in [0.05, 0.1) is 11.7 Å². The van der Waals surface area contributed by atoms with Gasteiger partial charge in [0.15, 0.2) is 0 Å². The number of hydrogen-bond donors (Lipinski definition) is 0. The Bertz CT molecular complexity index is 181. The molecule has 2 saturated heterocycles. The second-order valence-corrected chi connectivity index (χ2v) is 4.83. The van der Waals surface area contributed by atoms with Crippen molar-refractivity contribution in [1.82, 2.24) is 0 Å². The molecule has 0 N–H and O–H groups in total. The van der Waals surface area contributed by atoms with Crippen LogP contribution in [0.4, 0.5) is 0 Å². The van der Waals surface area contributed by atoms with Crippen LogP contribution >= 0.6 is 0 Å². The summed E-state index contributed by atoms with van der Waals surface area (Å²) in [7, 11) is 0. The van der Waals surface area contributed by atoms with Crippen LogP contribution in [-0.2, 0) is 4.74 Å². The van der Waals surface area contributed by atoms with E-state index < -0.39 is 0 Å². The zero-order valence-corrected chi connectivity index (χ0v) is 7.68. The first-order chi connectivity index (χ1) is 4.97. The third kappa shape index (κ3) is 0.752. The molecule has 0 aromatic carbocycles. The minimum Gasteiger partial charge on any atom is -0.371 e. The minimum absolute atomic E-state index is 0.0914. The molecule has 0 aliphatic carbocycles. The summed E-state index contributed by atoms with van der Waals surface area (Å²) >= 11 is 0. The molecule has 0 amide bonds. The second-order valence-electron chi connectivity index (χ2n) is 4.83. The van der Waals surface area contributed by atoms with Gasteiger partial charge in [-0.15, -0.1) is 0 Å². The molecule has 3 unspecified atom stereocenters. The minimum atomic E-state index is 0.0914. The van der Waals surface area contributed by atoms with Gasteiger partial charge in [-0.25, -0.2) is 0 Å². The average molecular weight is 153 g/mol. The highest BCUT2D eigenvalue weighted by Gasteiger charge is 2.58. The van der Waals surface area contributed by atoms with Crippen LogP contribution < -0.4 is 0 Å². The molecule has 63 valence electrons. The smallest absolute Gasteiger partial charge is 0.0693 e. The van der Waals surface area contributed by atoms with E-state index in [0.29, 0.717) is 17.4 Å². The molecular formula is C10H17O. The SMILES string of the molecule is [CH2]C1C2(C)CCC(O2)C1(C)C. The molecule has 1 nitrogen and oxygen atoms in total. The van der Waals surface area contributed by atoms with Crippen molar-refractivity contribution in [2.24, 2.45) is 11.3 Å². The first-order valence-corrected chi connectivity index (χ1v) is 4.48. The highest BCUT2D eigenvalue weighted by atomic mass is 16.5. The molecule has 2 aliphatic rings. The zero-order valence-electron chi connectivity index (χ0n) is 7.68. The van der Waals surface area contributed by atoms with Crippen molar-refractivity contribution < 1.29 is 4.74 Å². The summed E-state index contributed by atoms with van der Waals surface area (Å²) in [6.07, 6.45) is 2.90. The standard InChI is InChI=1S/C10H17O/c1-7-9(2,3)8-5-6-10(7,4)11-8/h7-8H,1,5-6H2,2-4H3.